The summed E-state index contributed by atoms with van der Waals surface area (Å²) in [5, 5.41) is 22.9. The molecule has 5 rings (SSSR count). The van der Waals surface area contributed by atoms with Crippen LogP contribution in [0.5, 0.6) is 0 Å². The van der Waals surface area contributed by atoms with E-state index >= 15 is 0 Å². The van der Waals surface area contributed by atoms with Gasteiger partial charge in [-0.2, -0.15) is 5.10 Å². The van der Waals surface area contributed by atoms with Crippen LogP contribution in [0.3, 0.4) is 0 Å². The van der Waals surface area contributed by atoms with E-state index in [9.17, 15) is 9.50 Å². The number of nitrogens with zero attached hydrogens (tertiary/aromatic N) is 4. The first-order valence-electron chi connectivity index (χ1n) is 11.1. The molecular formula is C24H27FN6O. The van der Waals surface area contributed by atoms with Crippen LogP contribution in [0.4, 0.5) is 4.39 Å². The molecule has 32 heavy (non-hydrogen) atoms. The number of rotatable bonds is 6. The number of aromatic nitrogens is 4. The van der Waals surface area contributed by atoms with Gasteiger partial charge < -0.3 is 15.7 Å². The molecule has 7 nitrogen and oxygen atoms in total. The molecule has 1 fully saturated rings. The Morgan fingerprint density at radius 3 is 2.88 bits per heavy atom. The van der Waals surface area contributed by atoms with Crippen LogP contribution >= 0.6 is 0 Å². The fourth-order valence-electron chi connectivity index (χ4n) is 4.55. The molecule has 0 amide bonds. The van der Waals surface area contributed by atoms with E-state index in [0.717, 1.165) is 35.3 Å². The molecule has 3 atom stereocenters. The predicted molar refractivity (Wildman–Crippen MR) is 121 cm³/mol. The molecule has 3 heterocycles. The van der Waals surface area contributed by atoms with Gasteiger partial charge in [-0.25, -0.2) is 13.9 Å². The van der Waals surface area contributed by atoms with Crippen molar-refractivity contribution in [2.75, 3.05) is 0 Å². The second-order valence-electron chi connectivity index (χ2n) is 8.55. The van der Waals surface area contributed by atoms with Gasteiger partial charge in [0.1, 0.15) is 11.6 Å². The Hall–Kier alpha value is -2.94. The summed E-state index contributed by atoms with van der Waals surface area (Å²) >= 11 is 0. The molecule has 166 valence electrons. The summed E-state index contributed by atoms with van der Waals surface area (Å²) in [6.45, 7) is 2.94. The monoisotopic (exact) mass is 434 g/mol. The van der Waals surface area contributed by atoms with Crippen LogP contribution in [0, 0.1) is 12.7 Å². The van der Waals surface area contributed by atoms with Crippen molar-refractivity contribution in [3.8, 4) is 0 Å². The normalized spacial score (nSPS) is 21.4. The van der Waals surface area contributed by atoms with E-state index in [0.29, 0.717) is 30.6 Å². The Bertz CT molecular complexity index is 1240. The molecule has 1 saturated carbocycles. The maximum Gasteiger partial charge on any atom is 0.160 e. The molecule has 1 aromatic carbocycles. The summed E-state index contributed by atoms with van der Waals surface area (Å²) in [6.07, 6.45) is 5.48. The van der Waals surface area contributed by atoms with Gasteiger partial charge in [-0.1, -0.05) is 12.1 Å². The predicted octanol–water partition coefficient (Wildman–Crippen LogP) is 2.89. The Kier molecular flexibility index (Phi) is 5.82. The van der Waals surface area contributed by atoms with Crippen LogP contribution in [0.2, 0.25) is 0 Å². The van der Waals surface area contributed by atoms with E-state index in [2.05, 4.69) is 25.7 Å². The highest BCUT2D eigenvalue weighted by atomic mass is 19.1. The molecule has 3 N–H and O–H groups in total. The van der Waals surface area contributed by atoms with Crippen LogP contribution in [-0.2, 0) is 13.1 Å². The maximum atomic E-state index is 14.4. The smallest absolute Gasteiger partial charge is 0.160 e. The third-order valence-electron chi connectivity index (χ3n) is 6.27. The molecule has 1 aliphatic carbocycles. The lowest BCUT2D eigenvalue weighted by molar-refractivity contribution is 0.0741. The summed E-state index contributed by atoms with van der Waals surface area (Å²) in [6, 6.07) is 11.3. The van der Waals surface area contributed by atoms with Gasteiger partial charge in [0.05, 0.1) is 11.6 Å². The van der Waals surface area contributed by atoms with Gasteiger partial charge in [-0.05, 0) is 44.4 Å². The van der Waals surface area contributed by atoms with Gasteiger partial charge in [0, 0.05) is 60.1 Å². The van der Waals surface area contributed by atoms with Crippen LogP contribution < -0.4 is 10.6 Å². The molecular weight excluding hydrogens is 407 g/mol. The molecule has 4 aromatic rings. The average Bonchev–Trinajstić information content (AvgIpc) is 3.18. The Labute approximate surface area is 185 Å². The lowest BCUT2D eigenvalue weighted by Crippen LogP contribution is -2.48. The highest BCUT2D eigenvalue weighted by Gasteiger charge is 2.28. The van der Waals surface area contributed by atoms with E-state index in [1.165, 1.54) is 6.07 Å². The number of hydrogen-bond donors (Lipinski definition) is 3. The van der Waals surface area contributed by atoms with Gasteiger partial charge in [0.25, 0.3) is 0 Å². The van der Waals surface area contributed by atoms with Crippen molar-refractivity contribution in [2.24, 2.45) is 0 Å². The van der Waals surface area contributed by atoms with Crippen molar-refractivity contribution >= 4 is 16.6 Å². The van der Waals surface area contributed by atoms with Crippen LogP contribution in [0.1, 0.15) is 36.2 Å². The number of hydrogen-bond acceptors (Lipinski definition) is 6. The molecule has 0 aliphatic heterocycles. The van der Waals surface area contributed by atoms with E-state index in [1.807, 2.05) is 43.5 Å². The third kappa shape index (κ3) is 4.34. The van der Waals surface area contributed by atoms with Crippen molar-refractivity contribution in [1.29, 1.82) is 0 Å². The summed E-state index contributed by atoms with van der Waals surface area (Å²) in [4.78, 5) is 8.70. The van der Waals surface area contributed by atoms with Gasteiger partial charge >= 0.3 is 0 Å². The molecule has 0 radical (unpaired) electrons. The van der Waals surface area contributed by atoms with Gasteiger partial charge in [0.2, 0.25) is 0 Å². The second kappa shape index (κ2) is 8.90. The van der Waals surface area contributed by atoms with Gasteiger partial charge in [0.15, 0.2) is 5.65 Å². The minimum absolute atomic E-state index is 0.0559. The largest absolute Gasteiger partial charge is 0.391 e. The fourth-order valence-corrected chi connectivity index (χ4v) is 4.55. The zero-order valence-corrected chi connectivity index (χ0v) is 18.0. The first-order chi connectivity index (χ1) is 15.6. The van der Waals surface area contributed by atoms with Crippen LogP contribution in [0.25, 0.3) is 16.6 Å². The molecule has 1 aliphatic rings. The number of halogens is 1. The number of aliphatic hydroxyl groups is 1. The fraction of sp³-hybridized carbons (Fsp3) is 0.375. The third-order valence-corrected chi connectivity index (χ3v) is 6.27. The quantitative estimate of drug-likeness (QED) is 0.433. The van der Waals surface area contributed by atoms with Crippen molar-refractivity contribution in [3.63, 3.8) is 0 Å². The first-order valence-corrected chi connectivity index (χ1v) is 11.1. The molecule has 8 heteroatoms. The number of benzene rings is 1. The zero-order valence-electron chi connectivity index (χ0n) is 18.0. The van der Waals surface area contributed by atoms with Crippen molar-refractivity contribution in [2.45, 2.75) is 57.5 Å². The number of aryl methyl sites for hydroxylation is 1. The van der Waals surface area contributed by atoms with Crippen molar-refractivity contribution < 1.29 is 9.50 Å². The number of aliphatic hydroxyl groups excluding tert-OH is 1. The minimum Gasteiger partial charge on any atom is -0.391 e. The number of nitrogens with one attached hydrogen (secondary N) is 2. The van der Waals surface area contributed by atoms with Gasteiger partial charge in [-0.3, -0.25) is 4.98 Å². The van der Waals surface area contributed by atoms with Crippen LogP contribution in [-0.4, -0.2) is 42.9 Å². The first kappa shape index (κ1) is 20.9. The number of pyridine rings is 2. The van der Waals surface area contributed by atoms with Crippen molar-refractivity contribution in [3.05, 3.63) is 71.6 Å². The highest BCUT2D eigenvalue weighted by molar-refractivity contribution is 5.79. The molecule has 0 bridgehead atoms. The molecule has 0 unspecified atom stereocenters. The Morgan fingerprint density at radius 1 is 1.12 bits per heavy atom. The molecule has 3 aromatic heterocycles. The minimum atomic E-state index is -0.488. The zero-order chi connectivity index (χ0) is 22.1. The van der Waals surface area contributed by atoms with Crippen molar-refractivity contribution in [1.82, 2.24) is 30.2 Å². The van der Waals surface area contributed by atoms with E-state index in [-0.39, 0.29) is 17.9 Å². The SMILES string of the molecule is Cc1nc2c(CN[C@H]3CC[C@H](NCc4cc5cccnc5cc4F)[C@H](O)C3)cccn2n1. The Balaban J connectivity index is 1.16. The van der Waals surface area contributed by atoms with E-state index < -0.39 is 6.10 Å². The van der Waals surface area contributed by atoms with Gasteiger partial charge in [-0.15, -0.1) is 0 Å². The maximum absolute atomic E-state index is 14.4. The lowest BCUT2D eigenvalue weighted by atomic mass is 9.88. The topological polar surface area (TPSA) is 87.4 Å². The van der Waals surface area contributed by atoms with E-state index in [4.69, 9.17) is 0 Å². The lowest BCUT2D eigenvalue weighted by Gasteiger charge is -2.34. The standard InChI is InChI=1S/C24H27FN6O/c1-15-29-24-17(5-3-9-31(24)30-15)13-27-19-6-7-21(23(32)11-19)28-14-18-10-16-4-2-8-26-22(16)12-20(18)25/h2-5,8-10,12,19,21,23,27-28,32H,6-7,11,13-14H2,1H3/t19-,21-,23+/m0/s1. The summed E-state index contributed by atoms with van der Waals surface area (Å²) in [5.74, 6) is 0.477. The second-order valence-corrected chi connectivity index (χ2v) is 8.55. The average molecular weight is 435 g/mol. The number of fused-ring (bicyclic) bond motifs is 2. The van der Waals surface area contributed by atoms with Crippen LogP contribution in [0.15, 0.2) is 48.8 Å². The molecule has 0 saturated heterocycles. The summed E-state index contributed by atoms with van der Waals surface area (Å²) in [7, 11) is 0. The molecule has 0 spiro atoms. The summed E-state index contributed by atoms with van der Waals surface area (Å²) < 4.78 is 16.2. The Morgan fingerprint density at radius 2 is 2.00 bits per heavy atom. The highest BCUT2D eigenvalue weighted by Crippen LogP contribution is 2.22. The van der Waals surface area contributed by atoms with E-state index in [1.54, 1.807) is 10.7 Å². The summed E-state index contributed by atoms with van der Waals surface area (Å²) in [5.41, 5.74) is 3.19.